The van der Waals surface area contributed by atoms with Crippen LogP contribution in [0.1, 0.15) is 12.5 Å². The van der Waals surface area contributed by atoms with Crippen LogP contribution in [0.15, 0.2) is 25.3 Å². The van der Waals surface area contributed by atoms with Crippen LogP contribution in [-0.2, 0) is 32.0 Å². The number of phosphoric ester groups is 2. The summed E-state index contributed by atoms with van der Waals surface area (Å²) in [5, 5.41) is 41.8. The first-order chi connectivity index (χ1) is 21.3. The maximum absolute atomic E-state index is 12.3. The number of aromatic nitrogens is 8. The zero-order valence-corrected chi connectivity index (χ0v) is 30.2. The SMILES string of the molecule is Nc1ncnc2c1ncn2[C@@H]1O[C@H](COP(=O)([O-])OP(=O)([O-])OC[C@H]2O[C@@H](n3cnc4c(N)ncnc43)[C@H](O)[C@@H]2O)[C@@H](O)[C@H]1O.[Na+].[Na+]. The molecule has 10 atom stereocenters. The minimum Gasteiger partial charge on any atom is -0.756 e. The second kappa shape index (κ2) is 14.9. The Morgan fingerprint density at radius 2 is 1.09 bits per heavy atom. The molecule has 0 bridgehead atoms. The van der Waals surface area contributed by atoms with Crippen molar-refractivity contribution in [1.82, 2.24) is 39.0 Å². The fourth-order valence-corrected chi connectivity index (χ4v) is 6.82. The maximum atomic E-state index is 12.3. The molecule has 0 spiro atoms. The molecular formula is C20H24N10Na2O13P2. The average molecular weight is 720 g/mol. The predicted molar refractivity (Wildman–Crippen MR) is 140 cm³/mol. The normalized spacial score (nSPS) is 30.1. The molecular weight excluding hydrogens is 696 g/mol. The third-order valence-electron chi connectivity index (χ3n) is 6.99. The topological polar surface area (TPSA) is 347 Å². The van der Waals surface area contributed by atoms with Crippen LogP contribution in [0.5, 0.6) is 0 Å². The largest absolute Gasteiger partial charge is 1.00 e. The third kappa shape index (κ3) is 7.73. The first-order valence-corrected chi connectivity index (χ1v) is 15.7. The van der Waals surface area contributed by atoms with Crippen molar-refractivity contribution in [2.75, 3.05) is 24.7 Å². The van der Waals surface area contributed by atoms with E-state index in [0.29, 0.717) is 0 Å². The number of phosphoric acid groups is 2. The van der Waals surface area contributed by atoms with E-state index in [-0.39, 0.29) is 93.1 Å². The second-order valence-corrected chi connectivity index (χ2v) is 12.8. The predicted octanol–water partition coefficient (Wildman–Crippen LogP) is -9.94. The van der Waals surface area contributed by atoms with Gasteiger partial charge in [0.25, 0.3) is 15.6 Å². The van der Waals surface area contributed by atoms with Gasteiger partial charge >= 0.3 is 59.1 Å². The number of ether oxygens (including phenoxy) is 2. The Morgan fingerprint density at radius 1 is 0.702 bits per heavy atom. The molecule has 47 heavy (non-hydrogen) atoms. The van der Waals surface area contributed by atoms with Crippen molar-refractivity contribution >= 4 is 49.6 Å². The first-order valence-electron chi connectivity index (χ1n) is 12.8. The van der Waals surface area contributed by atoms with Crippen LogP contribution >= 0.6 is 15.6 Å². The van der Waals surface area contributed by atoms with Crippen molar-refractivity contribution in [3.05, 3.63) is 25.3 Å². The Labute approximate surface area is 307 Å². The molecule has 4 aromatic heterocycles. The van der Waals surface area contributed by atoms with Crippen molar-refractivity contribution in [1.29, 1.82) is 0 Å². The van der Waals surface area contributed by atoms with E-state index >= 15 is 0 Å². The molecule has 0 aliphatic carbocycles. The zero-order valence-electron chi connectivity index (χ0n) is 24.4. The molecule has 27 heteroatoms. The molecule has 0 aromatic carbocycles. The molecule has 6 rings (SSSR count). The van der Waals surface area contributed by atoms with E-state index < -0.39 is 77.9 Å². The van der Waals surface area contributed by atoms with Crippen LogP contribution in [0.2, 0.25) is 0 Å². The van der Waals surface area contributed by atoms with Gasteiger partial charge in [-0.2, -0.15) is 0 Å². The van der Waals surface area contributed by atoms with Crippen LogP contribution in [0.4, 0.5) is 11.6 Å². The summed E-state index contributed by atoms with van der Waals surface area (Å²) in [6.07, 6.45) is -7.53. The molecule has 8 N–H and O–H groups in total. The first kappa shape index (κ1) is 38.5. The molecule has 6 heterocycles. The average Bonchev–Trinajstić information content (AvgIpc) is 3.73. The molecule has 0 radical (unpaired) electrons. The number of hydrogen-bond acceptors (Lipinski definition) is 21. The van der Waals surface area contributed by atoms with Crippen molar-refractivity contribution < 1.29 is 121 Å². The monoisotopic (exact) mass is 720 g/mol. The summed E-state index contributed by atoms with van der Waals surface area (Å²) in [7, 11) is -11.4. The number of nitrogens with zero attached hydrogens (tertiary/aromatic N) is 8. The molecule has 23 nitrogen and oxygen atoms in total. The second-order valence-electron chi connectivity index (χ2n) is 9.83. The van der Waals surface area contributed by atoms with Crippen molar-refractivity contribution in [2.45, 2.75) is 49.1 Å². The summed E-state index contributed by atoms with van der Waals surface area (Å²) in [6, 6.07) is 0. The fraction of sp³-hybridized carbons (Fsp3) is 0.500. The number of fused-ring (bicyclic) bond motifs is 2. The number of imidazole rings is 2. The third-order valence-corrected chi connectivity index (χ3v) is 9.52. The van der Waals surface area contributed by atoms with Gasteiger partial charge in [0.05, 0.1) is 25.9 Å². The molecule has 2 unspecified atom stereocenters. The Bertz CT molecular complexity index is 1690. The molecule has 2 fully saturated rings. The summed E-state index contributed by atoms with van der Waals surface area (Å²) in [6.45, 7) is -1.96. The van der Waals surface area contributed by atoms with Gasteiger partial charge in [0.15, 0.2) is 35.4 Å². The minimum absolute atomic E-state index is 0. The van der Waals surface area contributed by atoms with E-state index in [1.807, 2.05) is 0 Å². The van der Waals surface area contributed by atoms with Crippen LogP contribution in [0, 0.1) is 0 Å². The molecule has 4 aromatic rings. The summed E-state index contributed by atoms with van der Waals surface area (Å²) >= 11 is 0. The number of nitrogen functional groups attached to an aromatic ring is 2. The number of aliphatic hydroxyl groups is 4. The maximum Gasteiger partial charge on any atom is 1.00 e. The van der Waals surface area contributed by atoms with Gasteiger partial charge in [0.1, 0.15) is 60.3 Å². The van der Waals surface area contributed by atoms with E-state index in [0.717, 1.165) is 12.7 Å². The fourth-order valence-electron chi connectivity index (χ4n) is 4.80. The number of nitrogens with two attached hydrogens (primary N) is 2. The Hall–Kier alpha value is -1.28. The van der Waals surface area contributed by atoms with Gasteiger partial charge in [-0.25, -0.2) is 34.2 Å². The molecule has 0 amide bonds. The summed E-state index contributed by atoms with van der Waals surface area (Å²) in [4.78, 5) is 48.3. The molecule has 0 saturated carbocycles. The zero-order chi connectivity index (χ0) is 32.3. The molecule has 2 aliphatic rings. The van der Waals surface area contributed by atoms with Crippen molar-refractivity contribution in [3.63, 3.8) is 0 Å². The summed E-state index contributed by atoms with van der Waals surface area (Å²) < 4.78 is 51.4. The smallest absolute Gasteiger partial charge is 0.756 e. The van der Waals surface area contributed by atoms with Gasteiger partial charge in [-0.05, 0) is 0 Å². The van der Waals surface area contributed by atoms with Gasteiger partial charge < -0.3 is 60.2 Å². The number of rotatable bonds is 10. The molecule has 2 aliphatic heterocycles. The number of hydrogen-bond donors (Lipinski definition) is 6. The van der Waals surface area contributed by atoms with E-state index in [4.69, 9.17) is 20.9 Å². The van der Waals surface area contributed by atoms with E-state index in [9.17, 15) is 39.3 Å². The quantitative estimate of drug-likeness (QED) is 0.0654. The van der Waals surface area contributed by atoms with Crippen molar-refractivity contribution in [2.24, 2.45) is 0 Å². The van der Waals surface area contributed by atoms with Gasteiger partial charge in [-0.15, -0.1) is 0 Å². The Kier molecular flexibility index (Phi) is 12.2. The minimum atomic E-state index is -5.68. The molecule has 2 saturated heterocycles. The number of anilines is 2. The van der Waals surface area contributed by atoms with Gasteiger partial charge in [-0.1, -0.05) is 0 Å². The summed E-state index contributed by atoms with van der Waals surface area (Å²) in [5.41, 5.74) is 12.1. The Morgan fingerprint density at radius 3 is 1.47 bits per heavy atom. The molecule has 244 valence electrons. The summed E-state index contributed by atoms with van der Waals surface area (Å²) in [5.74, 6) is 0.0794. The van der Waals surface area contributed by atoms with E-state index in [1.54, 1.807) is 0 Å². The van der Waals surface area contributed by atoms with E-state index in [2.05, 4.69) is 43.3 Å². The van der Waals surface area contributed by atoms with E-state index in [1.165, 1.54) is 21.8 Å². The van der Waals surface area contributed by atoms with Gasteiger partial charge in [0, 0.05) is 0 Å². The van der Waals surface area contributed by atoms with Crippen LogP contribution in [-0.4, -0.2) is 109 Å². The van der Waals surface area contributed by atoms with Crippen LogP contribution < -0.4 is 80.4 Å². The van der Waals surface area contributed by atoms with Crippen molar-refractivity contribution in [3.8, 4) is 0 Å². The van der Waals surface area contributed by atoms with Crippen LogP contribution in [0.3, 0.4) is 0 Å². The van der Waals surface area contributed by atoms with Crippen LogP contribution in [0.25, 0.3) is 22.3 Å². The standard InChI is InChI=1S/C20H26N10O13P2.2Na/c21-15-9-17(25-3-23-15)29(5-27-9)19-13(33)11(31)7(41-19)1-39-44(35,36)43-45(37,38)40-2-8-12(32)14(34)20(42-8)30-6-28-10-16(22)24-4-26-18(10)30;;/h3-8,11-14,19-20,31-34H,1-2H2,(H,35,36)(H,37,38)(H2,21,23,25)(H2,22,24,26);;/q;2*+1/p-2/t7-,8-,11-,12-,13-,14-,19-,20-;;/m1../s1. The Balaban J connectivity index is 0.00000250. The van der Waals surface area contributed by atoms with Gasteiger partial charge in [0.2, 0.25) is 0 Å². The van der Waals surface area contributed by atoms with Gasteiger partial charge in [-0.3, -0.25) is 18.3 Å². The number of aliphatic hydroxyl groups excluding tert-OH is 4.